The van der Waals surface area contributed by atoms with E-state index in [1.807, 2.05) is 48.5 Å². The minimum Gasteiger partial charge on any atom is -0.346 e. The van der Waals surface area contributed by atoms with Gasteiger partial charge in [-0.3, -0.25) is 0 Å². The van der Waals surface area contributed by atoms with Crippen molar-refractivity contribution in [2.24, 2.45) is 16.4 Å². The van der Waals surface area contributed by atoms with Crippen molar-refractivity contribution < 1.29 is 20.0 Å². The van der Waals surface area contributed by atoms with E-state index in [2.05, 4.69) is 40.4 Å². The number of nitrogens with two attached hydrogens (primary N) is 2. The molecule has 1 fully saturated rings. The molecular formula is C27H40FN7O+2. The van der Waals surface area contributed by atoms with Gasteiger partial charge in [0, 0.05) is 35.7 Å². The maximum atomic E-state index is 13.2. The summed E-state index contributed by atoms with van der Waals surface area (Å²) in [6.07, 6.45) is 5.40. The van der Waals surface area contributed by atoms with E-state index >= 15 is 0 Å². The fourth-order valence-corrected chi connectivity index (χ4v) is 5.26. The molecule has 0 spiro atoms. The first-order valence-corrected chi connectivity index (χ1v) is 12.9. The minimum atomic E-state index is -0.192. The molecule has 1 aliphatic carbocycles. The first-order chi connectivity index (χ1) is 17.3. The largest absolute Gasteiger partial charge is 0.346 e. The van der Waals surface area contributed by atoms with Gasteiger partial charge in [0.2, 0.25) is 5.84 Å². The molecule has 9 heteroatoms. The Balaban J connectivity index is 1.27. The van der Waals surface area contributed by atoms with Gasteiger partial charge in [-0.05, 0) is 59.7 Å². The summed E-state index contributed by atoms with van der Waals surface area (Å²) in [6, 6.07) is 14.6. The number of benzene rings is 2. The molecule has 7 N–H and O–H groups in total. The minimum absolute atomic E-state index is 0.1000. The lowest BCUT2D eigenvalue weighted by molar-refractivity contribution is -0.724. The van der Waals surface area contributed by atoms with E-state index in [9.17, 15) is 9.18 Å². The van der Waals surface area contributed by atoms with E-state index in [1.54, 1.807) is 5.53 Å². The molecule has 194 valence electrons. The van der Waals surface area contributed by atoms with Crippen LogP contribution < -0.4 is 27.0 Å². The zero-order chi connectivity index (χ0) is 25.5. The van der Waals surface area contributed by atoms with Gasteiger partial charge in [-0.25, -0.2) is 14.2 Å². The monoisotopic (exact) mass is 497 g/mol. The van der Waals surface area contributed by atoms with E-state index in [0.29, 0.717) is 5.92 Å². The van der Waals surface area contributed by atoms with Crippen molar-refractivity contribution in [3.05, 3.63) is 65.5 Å². The number of carbonyl (C=O) groups is 1. The molecule has 36 heavy (non-hydrogen) atoms. The van der Waals surface area contributed by atoms with E-state index < -0.39 is 0 Å². The van der Waals surface area contributed by atoms with E-state index in [1.165, 1.54) is 18.6 Å². The number of halogens is 1. The lowest BCUT2D eigenvalue weighted by atomic mass is 9.83. The van der Waals surface area contributed by atoms with Crippen molar-refractivity contribution in [2.45, 2.75) is 52.0 Å². The first kappa shape index (κ1) is 26.1. The summed E-state index contributed by atoms with van der Waals surface area (Å²) in [6.45, 7) is 6.49. The molecule has 1 saturated carbocycles. The zero-order valence-electron chi connectivity index (χ0n) is 21.6. The lowest BCUT2D eigenvalue weighted by Crippen LogP contribution is -2.88. The second kappa shape index (κ2) is 11.8. The highest BCUT2D eigenvalue weighted by Gasteiger charge is 2.29. The van der Waals surface area contributed by atoms with Crippen molar-refractivity contribution >= 4 is 17.6 Å². The van der Waals surface area contributed by atoms with Gasteiger partial charge in [-0.2, -0.15) is 0 Å². The molecule has 2 atom stereocenters. The number of hydrogen-bond donors (Lipinski definition) is 5. The van der Waals surface area contributed by atoms with Gasteiger partial charge in [0.15, 0.2) is 0 Å². The highest BCUT2D eigenvalue weighted by atomic mass is 19.1. The van der Waals surface area contributed by atoms with Crippen LogP contribution in [0.15, 0.2) is 53.6 Å². The first-order valence-electron chi connectivity index (χ1n) is 12.9. The van der Waals surface area contributed by atoms with Gasteiger partial charge in [0.25, 0.3) is 0 Å². The number of rotatable bonds is 9. The predicted octanol–water partition coefficient (Wildman–Crippen LogP) is 1.93. The van der Waals surface area contributed by atoms with Crippen molar-refractivity contribution in [3.63, 3.8) is 0 Å². The van der Waals surface area contributed by atoms with Gasteiger partial charge >= 0.3 is 6.03 Å². The van der Waals surface area contributed by atoms with Gasteiger partial charge < -0.3 is 16.0 Å². The molecule has 2 aromatic rings. The van der Waals surface area contributed by atoms with Crippen molar-refractivity contribution in [1.82, 2.24) is 15.9 Å². The fourth-order valence-electron chi connectivity index (χ4n) is 5.26. The molecule has 8 nitrogen and oxygen atoms in total. The van der Waals surface area contributed by atoms with E-state index in [0.717, 1.165) is 61.4 Å². The molecule has 0 bridgehead atoms. The number of urea groups is 1. The summed E-state index contributed by atoms with van der Waals surface area (Å²) < 4.78 is 13.2. The molecule has 0 aromatic heterocycles. The number of anilines is 1. The van der Waals surface area contributed by atoms with Crippen LogP contribution in [0.5, 0.6) is 0 Å². The second-order valence-electron chi connectivity index (χ2n) is 10.8. The van der Waals surface area contributed by atoms with Crippen molar-refractivity contribution in [2.75, 3.05) is 25.5 Å². The van der Waals surface area contributed by atoms with Crippen LogP contribution in [0.2, 0.25) is 0 Å². The number of hydrogen-bond acceptors (Lipinski definition) is 4. The summed E-state index contributed by atoms with van der Waals surface area (Å²) in [7, 11) is 1.90. The highest BCUT2D eigenvalue weighted by molar-refractivity contribution is 6.00. The molecule has 4 rings (SSSR count). The van der Waals surface area contributed by atoms with Crippen LogP contribution in [-0.4, -0.2) is 43.1 Å². The molecule has 2 aliphatic rings. The van der Waals surface area contributed by atoms with E-state index in [4.69, 9.17) is 0 Å². The summed E-state index contributed by atoms with van der Waals surface area (Å²) in [5.41, 5.74) is 7.60. The Bertz CT molecular complexity index is 1060. The molecule has 0 saturated heterocycles. The van der Waals surface area contributed by atoms with Crippen molar-refractivity contribution in [1.29, 1.82) is 0 Å². The number of amidine groups is 1. The van der Waals surface area contributed by atoms with Crippen LogP contribution in [0.3, 0.4) is 0 Å². The smallest absolute Gasteiger partial charge is 0.319 e. The normalized spacial score (nSPS) is 20.2. The number of nitrogens with one attached hydrogen (secondary N) is 3. The second-order valence-corrected chi connectivity index (χ2v) is 10.8. The summed E-state index contributed by atoms with van der Waals surface area (Å²) >= 11 is 0. The predicted molar refractivity (Wildman–Crippen MR) is 139 cm³/mol. The third kappa shape index (κ3) is 7.25. The summed E-state index contributed by atoms with van der Waals surface area (Å²) in [5, 5.41) is 14.8. The molecule has 2 amide bonds. The average molecular weight is 498 g/mol. The Kier molecular flexibility index (Phi) is 8.56. The Labute approximate surface area is 213 Å². The molecule has 1 aliphatic heterocycles. The Hall–Kier alpha value is -3.01. The molecule has 0 unspecified atom stereocenters. The number of nitrogens with zero attached hydrogens (tertiary/aromatic N) is 2. The Morgan fingerprint density at radius 2 is 2.00 bits per heavy atom. The standard InChI is InChI=1S/C27H38FN7O/c1-27(2,16-19-11-13-22(28)14-12-19)18-29-17-21-7-4-5-10-24(21)31-26(36)30-23-9-6-8-20(15-23)25-32-33-34-35(25)3/h6,8-9,11-15,21,24,29,33-34H,4-5,7,10,16-18H2,1-3H3,(H2,30,31,36)/p+2/t21-,24+/m0/s1. The Morgan fingerprint density at radius 3 is 2.75 bits per heavy atom. The molecule has 1 heterocycles. The maximum Gasteiger partial charge on any atom is 0.319 e. The molecule has 2 aromatic carbocycles. The van der Waals surface area contributed by atoms with Crippen LogP contribution in [-0.2, 0) is 6.42 Å². The van der Waals surface area contributed by atoms with Gasteiger partial charge in [-0.1, -0.05) is 51.0 Å². The SMILES string of the molecule is CN1N[NH2+]N=C1c1cccc(NC(=O)N[C@@H]2CCCC[C@H]2C[NH2+]CC(C)(C)Cc2ccc(F)cc2)c1. The quantitative estimate of drug-likeness (QED) is 0.342. The Morgan fingerprint density at radius 1 is 1.22 bits per heavy atom. The maximum absolute atomic E-state index is 13.2. The molecule has 0 radical (unpaired) electrons. The van der Waals surface area contributed by atoms with Gasteiger partial charge in [0.1, 0.15) is 5.82 Å². The van der Waals surface area contributed by atoms with Crippen LogP contribution in [0.25, 0.3) is 0 Å². The summed E-state index contributed by atoms with van der Waals surface area (Å²) in [4.78, 5) is 12.9. The van der Waals surface area contributed by atoms with Crippen LogP contribution in [0.4, 0.5) is 14.9 Å². The number of quaternary nitrogens is 2. The summed E-state index contributed by atoms with van der Waals surface area (Å²) in [5.74, 6) is 1.06. The number of carbonyl (C=O) groups excluding carboxylic acids is 1. The molecular weight excluding hydrogens is 457 g/mol. The topological polar surface area (TPSA) is 102 Å². The highest BCUT2D eigenvalue weighted by Crippen LogP contribution is 2.24. The average Bonchev–Trinajstić information content (AvgIpc) is 3.27. The van der Waals surface area contributed by atoms with Gasteiger partial charge in [0.05, 0.1) is 13.1 Å². The lowest BCUT2D eigenvalue weighted by Gasteiger charge is -2.32. The third-order valence-electron chi connectivity index (χ3n) is 7.12. The third-order valence-corrected chi connectivity index (χ3v) is 7.12. The van der Waals surface area contributed by atoms with E-state index in [-0.39, 0.29) is 23.3 Å². The van der Waals surface area contributed by atoms with Crippen LogP contribution >= 0.6 is 0 Å². The number of amides is 2. The van der Waals surface area contributed by atoms with Crippen LogP contribution in [0.1, 0.15) is 50.7 Å². The number of hydrazine groups is 1. The van der Waals surface area contributed by atoms with Crippen LogP contribution in [0, 0.1) is 17.2 Å². The van der Waals surface area contributed by atoms with Crippen molar-refractivity contribution in [3.8, 4) is 0 Å². The fraction of sp³-hybridized carbons (Fsp3) is 0.481. The van der Waals surface area contributed by atoms with Gasteiger partial charge in [-0.15, -0.1) is 5.53 Å². The zero-order valence-corrected chi connectivity index (χ0v) is 21.6.